The van der Waals surface area contributed by atoms with Crippen LogP contribution in [0, 0.1) is 20.8 Å². The number of fused-ring (bicyclic) bond motifs is 1. The largest absolute Gasteiger partial charge is 0.476 e. The van der Waals surface area contributed by atoms with Crippen molar-refractivity contribution in [3.8, 4) is 17.1 Å². The molecule has 0 saturated heterocycles. The fourth-order valence-electron chi connectivity index (χ4n) is 3.32. The van der Waals surface area contributed by atoms with E-state index in [1.807, 2.05) is 69.3 Å². The van der Waals surface area contributed by atoms with Gasteiger partial charge >= 0.3 is 0 Å². The van der Waals surface area contributed by atoms with Gasteiger partial charge in [-0.1, -0.05) is 48.0 Å². The topological polar surface area (TPSA) is 68.5 Å². The van der Waals surface area contributed by atoms with E-state index in [9.17, 15) is 9.59 Å². The number of rotatable bonds is 5. The first kappa shape index (κ1) is 20.4. The van der Waals surface area contributed by atoms with Crippen molar-refractivity contribution in [2.75, 3.05) is 11.9 Å². The zero-order valence-electron chi connectivity index (χ0n) is 17.7. The van der Waals surface area contributed by atoms with Crippen molar-refractivity contribution in [3.63, 3.8) is 0 Å². The van der Waals surface area contributed by atoms with Gasteiger partial charge in [0.25, 0.3) is 5.91 Å². The Balaban J connectivity index is 1.74. The Labute approximate surface area is 180 Å². The number of hydrogen-bond acceptors (Lipinski definition) is 4. The Bertz CT molecular complexity index is 1310. The summed E-state index contributed by atoms with van der Waals surface area (Å²) in [6, 6.07) is 20.4. The number of hydrogen-bond donors (Lipinski definition) is 1. The third-order valence-corrected chi connectivity index (χ3v) is 5.18. The first-order valence-electron chi connectivity index (χ1n) is 10.0. The molecule has 0 bridgehead atoms. The molecule has 0 atom stereocenters. The fourth-order valence-corrected chi connectivity index (χ4v) is 3.32. The van der Waals surface area contributed by atoms with Crippen LogP contribution in [0.25, 0.3) is 22.3 Å². The van der Waals surface area contributed by atoms with Gasteiger partial charge in [-0.25, -0.2) is 0 Å². The van der Waals surface area contributed by atoms with Gasteiger partial charge in [-0.15, -0.1) is 0 Å². The van der Waals surface area contributed by atoms with Crippen LogP contribution in [0.15, 0.2) is 75.9 Å². The zero-order valence-corrected chi connectivity index (χ0v) is 17.7. The van der Waals surface area contributed by atoms with Crippen molar-refractivity contribution in [1.82, 2.24) is 0 Å². The minimum absolute atomic E-state index is 0.0304. The number of anilines is 1. The van der Waals surface area contributed by atoms with Crippen LogP contribution < -0.4 is 15.5 Å². The van der Waals surface area contributed by atoms with E-state index in [1.165, 1.54) is 0 Å². The maximum atomic E-state index is 13.3. The van der Waals surface area contributed by atoms with Crippen LogP contribution >= 0.6 is 0 Å². The molecule has 1 amide bonds. The fraction of sp³-hybridized carbons (Fsp3) is 0.154. The van der Waals surface area contributed by atoms with E-state index in [4.69, 9.17) is 9.15 Å². The van der Waals surface area contributed by atoms with Gasteiger partial charge in [-0.3, -0.25) is 9.59 Å². The van der Waals surface area contributed by atoms with Crippen molar-refractivity contribution >= 4 is 22.6 Å². The van der Waals surface area contributed by atoms with Gasteiger partial charge < -0.3 is 14.5 Å². The van der Waals surface area contributed by atoms with Gasteiger partial charge in [0.1, 0.15) is 5.58 Å². The van der Waals surface area contributed by atoms with Crippen LogP contribution in [-0.4, -0.2) is 12.5 Å². The summed E-state index contributed by atoms with van der Waals surface area (Å²) in [5, 5.41) is 3.18. The average Bonchev–Trinajstić information content (AvgIpc) is 2.76. The van der Waals surface area contributed by atoms with E-state index in [1.54, 1.807) is 18.2 Å². The monoisotopic (exact) mass is 413 g/mol. The lowest BCUT2D eigenvalue weighted by atomic mass is 10.0. The van der Waals surface area contributed by atoms with Crippen LogP contribution in [-0.2, 0) is 4.79 Å². The summed E-state index contributed by atoms with van der Waals surface area (Å²) in [4.78, 5) is 25.7. The summed E-state index contributed by atoms with van der Waals surface area (Å²) in [6.07, 6.45) is 0. The van der Waals surface area contributed by atoms with Crippen molar-refractivity contribution in [2.45, 2.75) is 20.8 Å². The number of aryl methyl sites for hydroxylation is 3. The standard InChI is InChI=1S/C26H23NO4/c1-16-9-11-19(12-10-16)25-26(30-15-23(28)27-20-7-5-4-6-8-20)24(29)21-13-17(2)18(3)14-22(21)31-25/h4-14H,15H2,1-3H3,(H,27,28). The summed E-state index contributed by atoms with van der Waals surface area (Å²) >= 11 is 0. The van der Waals surface area contributed by atoms with E-state index in [2.05, 4.69) is 5.32 Å². The third-order valence-electron chi connectivity index (χ3n) is 5.18. The van der Waals surface area contributed by atoms with Crippen LogP contribution in [0.1, 0.15) is 16.7 Å². The number of carbonyl (C=O) groups is 1. The summed E-state index contributed by atoms with van der Waals surface area (Å²) in [5.41, 5.74) is 4.66. The molecular formula is C26H23NO4. The van der Waals surface area contributed by atoms with Gasteiger partial charge in [-0.05, 0) is 56.2 Å². The molecule has 0 unspecified atom stereocenters. The second kappa shape index (κ2) is 8.48. The van der Waals surface area contributed by atoms with E-state index in [-0.39, 0.29) is 23.7 Å². The smallest absolute Gasteiger partial charge is 0.262 e. The molecule has 4 rings (SSSR count). The number of benzene rings is 3. The van der Waals surface area contributed by atoms with Crippen LogP contribution in [0.2, 0.25) is 0 Å². The molecule has 0 fully saturated rings. The molecule has 0 aliphatic rings. The minimum atomic E-state index is -0.361. The number of amides is 1. The Kier molecular flexibility index (Phi) is 5.58. The lowest BCUT2D eigenvalue weighted by Gasteiger charge is -2.13. The molecule has 1 heterocycles. The van der Waals surface area contributed by atoms with Crippen molar-refractivity contribution in [2.24, 2.45) is 0 Å². The second-order valence-electron chi connectivity index (χ2n) is 7.59. The highest BCUT2D eigenvalue weighted by Crippen LogP contribution is 2.32. The lowest BCUT2D eigenvalue weighted by molar-refractivity contribution is -0.118. The van der Waals surface area contributed by atoms with E-state index < -0.39 is 0 Å². The predicted octanol–water partition coefficient (Wildman–Crippen LogP) is 5.40. The molecule has 3 aromatic carbocycles. The maximum Gasteiger partial charge on any atom is 0.262 e. The predicted molar refractivity (Wildman–Crippen MR) is 123 cm³/mol. The summed E-state index contributed by atoms with van der Waals surface area (Å²) in [6.45, 7) is 5.58. The first-order valence-corrected chi connectivity index (χ1v) is 10.0. The quantitative estimate of drug-likeness (QED) is 0.475. The first-order chi connectivity index (χ1) is 14.9. The number of nitrogens with one attached hydrogen (secondary N) is 1. The minimum Gasteiger partial charge on any atom is -0.476 e. The molecule has 0 saturated carbocycles. The van der Waals surface area contributed by atoms with Crippen molar-refractivity contribution in [1.29, 1.82) is 0 Å². The highest BCUT2D eigenvalue weighted by atomic mass is 16.5. The highest BCUT2D eigenvalue weighted by molar-refractivity contribution is 5.92. The van der Waals surface area contributed by atoms with Gasteiger partial charge in [0.2, 0.25) is 11.2 Å². The second-order valence-corrected chi connectivity index (χ2v) is 7.59. The Morgan fingerprint density at radius 2 is 1.61 bits per heavy atom. The number of carbonyl (C=O) groups excluding carboxylic acids is 1. The lowest BCUT2D eigenvalue weighted by Crippen LogP contribution is -2.22. The molecule has 31 heavy (non-hydrogen) atoms. The summed E-state index contributed by atoms with van der Waals surface area (Å²) in [7, 11) is 0. The zero-order chi connectivity index (χ0) is 22.0. The average molecular weight is 413 g/mol. The Morgan fingerprint density at radius 3 is 2.32 bits per heavy atom. The van der Waals surface area contributed by atoms with Crippen molar-refractivity contribution in [3.05, 3.63) is 93.6 Å². The maximum absolute atomic E-state index is 13.3. The van der Waals surface area contributed by atoms with E-state index in [0.717, 1.165) is 16.7 Å². The van der Waals surface area contributed by atoms with Crippen molar-refractivity contribution < 1.29 is 13.9 Å². The highest BCUT2D eigenvalue weighted by Gasteiger charge is 2.19. The SMILES string of the molecule is Cc1ccc(-c2oc3cc(C)c(C)cc3c(=O)c2OCC(=O)Nc2ccccc2)cc1. The molecule has 5 nitrogen and oxygen atoms in total. The number of para-hydroxylation sites is 1. The molecule has 0 aliphatic heterocycles. The molecule has 5 heteroatoms. The van der Waals surface area contributed by atoms with Gasteiger partial charge in [0, 0.05) is 11.3 Å². The third kappa shape index (κ3) is 4.36. The molecule has 4 aromatic rings. The Morgan fingerprint density at radius 1 is 0.935 bits per heavy atom. The number of ether oxygens (including phenoxy) is 1. The van der Waals surface area contributed by atoms with E-state index >= 15 is 0 Å². The van der Waals surface area contributed by atoms with Crippen LogP contribution in [0.4, 0.5) is 5.69 Å². The molecular weight excluding hydrogens is 390 g/mol. The van der Waals surface area contributed by atoms with E-state index in [0.29, 0.717) is 28.0 Å². The van der Waals surface area contributed by atoms with Gasteiger partial charge in [0.05, 0.1) is 5.39 Å². The molecule has 156 valence electrons. The van der Waals surface area contributed by atoms with Crippen LogP contribution in [0.5, 0.6) is 5.75 Å². The van der Waals surface area contributed by atoms with Crippen LogP contribution in [0.3, 0.4) is 0 Å². The summed E-state index contributed by atoms with van der Waals surface area (Å²) in [5.74, 6) is -0.0169. The molecule has 1 N–H and O–H groups in total. The van der Waals surface area contributed by atoms with Gasteiger partial charge in [-0.2, -0.15) is 0 Å². The molecule has 0 aliphatic carbocycles. The summed E-state index contributed by atoms with van der Waals surface area (Å²) < 4.78 is 11.9. The molecule has 1 aromatic heterocycles. The Hall–Kier alpha value is -3.86. The normalized spacial score (nSPS) is 10.8. The van der Waals surface area contributed by atoms with Gasteiger partial charge in [0.15, 0.2) is 12.4 Å². The molecule has 0 spiro atoms. The molecule has 0 radical (unpaired) electrons.